The molecular formula is C24H26N3O4S+. The van der Waals surface area contributed by atoms with Crippen LogP contribution in [0.4, 0.5) is 11.4 Å². The molecule has 0 radical (unpaired) electrons. The zero-order valence-corrected chi connectivity index (χ0v) is 18.9. The largest absolute Gasteiger partial charge is 0.595 e. The predicted octanol–water partition coefficient (Wildman–Crippen LogP) is 3.83. The molecule has 0 aliphatic heterocycles. The number of nitrogens with one attached hydrogen (secondary N) is 2. The summed E-state index contributed by atoms with van der Waals surface area (Å²) < 4.78 is 6.93. The smallest absolute Gasteiger partial charge is 0.288 e. The van der Waals surface area contributed by atoms with Crippen molar-refractivity contribution in [3.05, 3.63) is 89.4 Å². The fraction of sp³-hybridized carbons (Fsp3) is 0.167. The first kappa shape index (κ1) is 23.4. The topological polar surface area (TPSA) is 93.1 Å². The van der Waals surface area contributed by atoms with Crippen molar-refractivity contribution in [1.29, 1.82) is 0 Å². The van der Waals surface area contributed by atoms with Gasteiger partial charge in [0.2, 0.25) is 0 Å². The monoisotopic (exact) mass is 452 g/mol. The lowest BCUT2D eigenvalue weighted by molar-refractivity contribution is -0.991. The lowest BCUT2D eigenvalue weighted by atomic mass is 10.1. The molecule has 32 heavy (non-hydrogen) atoms. The highest BCUT2D eigenvalue weighted by molar-refractivity contribution is 7.81. The number of quaternary nitrogens is 1. The van der Waals surface area contributed by atoms with E-state index >= 15 is 0 Å². The van der Waals surface area contributed by atoms with Crippen molar-refractivity contribution >= 4 is 40.0 Å². The maximum absolute atomic E-state index is 11.2. The number of methoxy groups -OCH3 is 1. The molecule has 1 atom stereocenters. The molecule has 0 saturated heterocycles. The van der Waals surface area contributed by atoms with Gasteiger partial charge in [0.25, 0.3) is 5.70 Å². The highest BCUT2D eigenvalue weighted by atomic mass is 32.1. The summed E-state index contributed by atoms with van der Waals surface area (Å²) in [5, 5.41) is 33.6. The third-order valence-electron chi connectivity index (χ3n) is 4.97. The van der Waals surface area contributed by atoms with Gasteiger partial charge in [0, 0.05) is 35.5 Å². The average Bonchev–Trinajstić information content (AvgIpc) is 2.80. The third-order valence-corrected chi connectivity index (χ3v) is 5.27. The van der Waals surface area contributed by atoms with Crippen LogP contribution in [0.25, 0.3) is 11.5 Å². The second-order valence-corrected chi connectivity index (χ2v) is 7.86. The molecule has 166 valence electrons. The highest BCUT2D eigenvalue weighted by Crippen LogP contribution is 2.22. The lowest BCUT2D eigenvalue weighted by Crippen LogP contribution is -2.99. The van der Waals surface area contributed by atoms with Crippen LogP contribution < -0.4 is 19.8 Å². The van der Waals surface area contributed by atoms with Crippen molar-refractivity contribution < 1.29 is 24.8 Å². The summed E-state index contributed by atoms with van der Waals surface area (Å²) in [6.45, 7) is 4.21. The molecule has 1 heterocycles. The van der Waals surface area contributed by atoms with Crippen LogP contribution in [-0.4, -0.2) is 22.4 Å². The van der Waals surface area contributed by atoms with Crippen molar-refractivity contribution in [2.45, 2.75) is 19.8 Å². The van der Waals surface area contributed by atoms with E-state index in [9.17, 15) is 10.3 Å². The second kappa shape index (κ2) is 10.3. The van der Waals surface area contributed by atoms with Crippen LogP contribution in [0, 0.1) is 5.21 Å². The molecule has 8 heteroatoms. The number of nitrogens with zero attached hydrogens (tertiary/aromatic N) is 1. The molecule has 1 unspecified atom stereocenters. The van der Waals surface area contributed by atoms with Crippen LogP contribution in [-0.2, 0) is 0 Å². The number of pyridine rings is 1. The van der Waals surface area contributed by atoms with Crippen LogP contribution in [0.15, 0.2) is 73.1 Å². The van der Waals surface area contributed by atoms with Gasteiger partial charge in [-0.3, -0.25) is 0 Å². The first-order valence-corrected chi connectivity index (χ1v) is 10.4. The van der Waals surface area contributed by atoms with Crippen LogP contribution >= 0.6 is 12.2 Å². The van der Waals surface area contributed by atoms with Gasteiger partial charge in [0.15, 0.2) is 28.8 Å². The van der Waals surface area contributed by atoms with Crippen LogP contribution in [0.1, 0.15) is 30.9 Å². The van der Waals surface area contributed by atoms with Gasteiger partial charge in [-0.25, -0.2) is 5.21 Å². The normalized spacial score (nSPS) is 12.8. The van der Waals surface area contributed by atoms with Gasteiger partial charge in [-0.05, 0) is 47.9 Å². The molecule has 0 aliphatic rings. The molecule has 0 fully saturated rings. The number of ether oxygens (including phenoxy) is 1. The Bertz CT molecular complexity index is 1090. The van der Waals surface area contributed by atoms with Crippen LogP contribution in [0.2, 0.25) is 0 Å². The van der Waals surface area contributed by atoms with Crippen molar-refractivity contribution in [1.82, 2.24) is 0 Å². The number of hydrogen-bond acceptors (Lipinski definition) is 5. The third kappa shape index (κ3) is 5.49. The number of aliphatic hydroxyl groups excluding tert-OH is 1. The highest BCUT2D eigenvalue weighted by Gasteiger charge is 2.24. The number of hydrogen-bond donors (Lipinski definition) is 4. The summed E-state index contributed by atoms with van der Waals surface area (Å²) >= 11 is 5.65. The Balaban J connectivity index is 2.02. The van der Waals surface area contributed by atoms with E-state index in [4.69, 9.17) is 22.2 Å². The van der Waals surface area contributed by atoms with Crippen molar-refractivity contribution in [3.63, 3.8) is 0 Å². The molecule has 4 N–H and O–H groups in total. The molecular weight excluding hydrogens is 426 g/mol. The average molecular weight is 453 g/mol. The Morgan fingerprint density at radius 3 is 2.12 bits per heavy atom. The Hall–Kier alpha value is -3.30. The molecule has 0 amide bonds. The van der Waals surface area contributed by atoms with Gasteiger partial charge >= 0.3 is 0 Å². The molecule has 0 spiro atoms. The Morgan fingerprint density at radius 2 is 1.62 bits per heavy atom. The number of thiocarbonyl (C=S) groups is 1. The molecule has 1 aromatic heterocycles. The summed E-state index contributed by atoms with van der Waals surface area (Å²) in [5.41, 5.74) is 2.84. The van der Waals surface area contributed by atoms with Crippen molar-refractivity contribution in [3.8, 4) is 5.75 Å². The van der Waals surface area contributed by atoms with Gasteiger partial charge in [-0.1, -0.05) is 26.1 Å². The number of benzene rings is 2. The fourth-order valence-electron chi connectivity index (χ4n) is 3.09. The van der Waals surface area contributed by atoms with Gasteiger partial charge in [-0.15, -0.1) is 0 Å². The zero-order valence-electron chi connectivity index (χ0n) is 18.1. The fourth-order valence-corrected chi connectivity index (χ4v) is 3.41. The van der Waals surface area contributed by atoms with E-state index in [2.05, 4.69) is 19.2 Å². The van der Waals surface area contributed by atoms with E-state index in [1.165, 1.54) is 12.1 Å². The summed E-state index contributed by atoms with van der Waals surface area (Å²) in [5.74, 6) is 1.01. The van der Waals surface area contributed by atoms with E-state index in [-0.39, 0.29) is 11.4 Å². The van der Waals surface area contributed by atoms with Crippen LogP contribution in [0.3, 0.4) is 0 Å². The van der Waals surface area contributed by atoms with E-state index in [0.29, 0.717) is 22.2 Å². The summed E-state index contributed by atoms with van der Waals surface area (Å²) in [7, 11) is 1.60. The van der Waals surface area contributed by atoms with Crippen LogP contribution in [0.5, 0.6) is 5.75 Å². The minimum Gasteiger partial charge on any atom is -0.595 e. The second-order valence-electron chi connectivity index (χ2n) is 7.46. The predicted molar refractivity (Wildman–Crippen MR) is 128 cm³/mol. The molecule has 0 saturated carbocycles. The first-order chi connectivity index (χ1) is 15.3. The molecule has 0 aliphatic carbocycles. The Kier molecular flexibility index (Phi) is 7.55. The quantitative estimate of drug-likeness (QED) is 0.143. The summed E-state index contributed by atoms with van der Waals surface area (Å²) in [6.07, 6.45) is 3.68. The molecule has 0 bridgehead atoms. The maximum Gasteiger partial charge on any atom is 0.288 e. The molecule has 3 rings (SSSR count). The maximum atomic E-state index is 11.2. The van der Waals surface area contributed by atoms with Gasteiger partial charge in [0.1, 0.15) is 5.75 Å². The Labute approximate surface area is 192 Å². The van der Waals surface area contributed by atoms with Crippen molar-refractivity contribution in [2.75, 3.05) is 12.4 Å². The first-order valence-electron chi connectivity index (χ1n) is 10.0. The number of aliphatic hydroxyl groups is 1. The van der Waals surface area contributed by atoms with E-state index in [1.54, 1.807) is 23.8 Å². The SMILES string of the molecule is COc1ccc(NC(=S)/C(=C(\O)c2ccc([NH+]([O-])O)cc2)[n+]2ccc(C(C)C)cc2)cc1. The van der Waals surface area contributed by atoms with Gasteiger partial charge < -0.3 is 20.4 Å². The van der Waals surface area contributed by atoms with E-state index in [0.717, 1.165) is 17.0 Å². The molecule has 3 aromatic rings. The number of rotatable bonds is 7. The minimum absolute atomic E-state index is 0.0738. The summed E-state index contributed by atoms with van der Waals surface area (Å²) in [6, 6.07) is 17.2. The molecule has 2 aromatic carbocycles. The Morgan fingerprint density at radius 1 is 1.03 bits per heavy atom. The molecule has 7 nitrogen and oxygen atoms in total. The minimum atomic E-state index is -1.03. The van der Waals surface area contributed by atoms with Gasteiger partial charge in [0.05, 0.1) is 7.11 Å². The van der Waals surface area contributed by atoms with Gasteiger partial charge in [-0.2, -0.15) is 9.79 Å². The van der Waals surface area contributed by atoms with E-state index < -0.39 is 5.23 Å². The standard InChI is InChI=1S/C24H25N3O4S/c1-16(2)17-12-14-26(15-13-17)22(23(28)18-4-8-20(9-5-18)27(29)30)24(32)25-19-6-10-21(31-3)11-7-19/h4-16,27,29H,1-3H3,(H-,25,28,32)/p+1. The van der Waals surface area contributed by atoms with E-state index in [1.807, 2.05) is 48.8 Å². The zero-order chi connectivity index (χ0) is 23.3. The number of aromatic nitrogens is 1. The summed E-state index contributed by atoms with van der Waals surface area (Å²) in [4.78, 5) is 0.303. The van der Waals surface area contributed by atoms with Crippen molar-refractivity contribution in [2.24, 2.45) is 0 Å². The lowest BCUT2D eigenvalue weighted by Gasteiger charge is -2.13. The number of anilines is 1.